The molecule has 0 aliphatic carbocycles. The maximum absolute atomic E-state index is 9.82. The van der Waals surface area contributed by atoms with Crippen LogP contribution in [0.4, 0.5) is 0 Å². The van der Waals surface area contributed by atoms with E-state index in [1.165, 1.54) is 7.11 Å². The Balaban J connectivity index is 3.07. The third-order valence-corrected chi connectivity index (χ3v) is 2.90. The first-order chi connectivity index (χ1) is 7.34. The maximum Gasteiger partial charge on any atom is 0.206 e. The molecule has 0 radical (unpaired) electrons. The van der Waals surface area contributed by atoms with Gasteiger partial charge in [0.2, 0.25) is 5.62 Å². The predicted molar refractivity (Wildman–Crippen MR) is 62.3 cm³/mol. The van der Waals surface area contributed by atoms with Crippen molar-refractivity contribution in [2.75, 3.05) is 7.11 Å². The van der Waals surface area contributed by atoms with Gasteiger partial charge in [-0.15, -0.1) is 0 Å². The first-order valence-electron chi connectivity index (χ1n) is 4.78. The summed E-state index contributed by atoms with van der Waals surface area (Å²) in [7, 11) is 1.50. The Morgan fingerprint density at radius 1 is 1.31 bits per heavy atom. The lowest BCUT2D eigenvalue weighted by Gasteiger charge is -2.19. The van der Waals surface area contributed by atoms with E-state index in [0.29, 0.717) is 16.2 Å². The van der Waals surface area contributed by atoms with Crippen LogP contribution in [0.15, 0.2) is 23.1 Å². The van der Waals surface area contributed by atoms with Gasteiger partial charge >= 0.3 is 0 Å². The Labute approximate surface area is 98.9 Å². The number of thioether (sulfide) groups is 1. The standard InChI is InChI=1S/C11H16O4S/c1-11(2,14)7-4-5-9(16-10(12)13)8(6-7)15-3/h4-6,10,12-14H,1-3H3. The number of aliphatic hydroxyl groups excluding tert-OH is 1. The topological polar surface area (TPSA) is 69.9 Å². The van der Waals surface area contributed by atoms with Crippen LogP contribution in [0.25, 0.3) is 0 Å². The van der Waals surface area contributed by atoms with Gasteiger partial charge in [0.05, 0.1) is 17.6 Å². The minimum absolute atomic E-state index is 0.512. The summed E-state index contributed by atoms with van der Waals surface area (Å²) in [5, 5.41) is 27.6. The summed E-state index contributed by atoms with van der Waals surface area (Å²) in [6, 6.07) is 5.11. The van der Waals surface area contributed by atoms with Gasteiger partial charge in [0.15, 0.2) is 0 Å². The highest BCUT2D eigenvalue weighted by Crippen LogP contribution is 2.34. The highest BCUT2D eigenvalue weighted by molar-refractivity contribution is 7.99. The Morgan fingerprint density at radius 2 is 1.94 bits per heavy atom. The number of ether oxygens (including phenoxy) is 1. The van der Waals surface area contributed by atoms with Crippen molar-refractivity contribution in [3.05, 3.63) is 23.8 Å². The smallest absolute Gasteiger partial charge is 0.206 e. The molecule has 1 aromatic carbocycles. The highest BCUT2D eigenvalue weighted by Gasteiger charge is 2.18. The molecule has 0 saturated heterocycles. The van der Waals surface area contributed by atoms with E-state index < -0.39 is 11.2 Å². The van der Waals surface area contributed by atoms with Gasteiger partial charge in [-0.3, -0.25) is 0 Å². The summed E-state index contributed by atoms with van der Waals surface area (Å²) < 4.78 is 5.13. The Bertz CT molecular complexity index is 357. The molecule has 0 atom stereocenters. The van der Waals surface area contributed by atoms with Crippen molar-refractivity contribution in [3.8, 4) is 5.75 Å². The van der Waals surface area contributed by atoms with E-state index in [9.17, 15) is 5.11 Å². The van der Waals surface area contributed by atoms with Crippen LogP contribution in [-0.2, 0) is 5.60 Å². The summed E-state index contributed by atoms with van der Waals surface area (Å²) in [5.41, 5.74) is -1.73. The van der Waals surface area contributed by atoms with Crippen LogP contribution in [0.3, 0.4) is 0 Å². The van der Waals surface area contributed by atoms with Crippen molar-refractivity contribution in [1.82, 2.24) is 0 Å². The molecule has 0 unspecified atom stereocenters. The van der Waals surface area contributed by atoms with Crippen molar-refractivity contribution in [3.63, 3.8) is 0 Å². The summed E-state index contributed by atoms with van der Waals surface area (Å²) in [5.74, 6) is 0.512. The second-order valence-electron chi connectivity index (χ2n) is 3.87. The fourth-order valence-corrected chi connectivity index (χ4v) is 1.89. The average Bonchev–Trinajstić information content (AvgIpc) is 2.15. The number of methoxy groups -OCH3 is 1. The zero-order valence-corrected chi connectivity index (χ0v) is 10.3. The molecular formula is C11H16O4S. The first-order valence-corrected chi connectivity index (χ1v) is 5.66. The summed E-state index contributed by atoms with van der Waals surface area (Å²) >= 11 is 0.873. The van der Waals surface area contributed by atoms with Crippen LogP contribution in [0.5, 0.6) is 5.75 Å². The molecule has 5 heteroatoms. The second kappa shape index (κ2) is 5.05. The van der Waals surface area contributed by atoms with Crippen LogP contribution in [-0.4, -0.2) is 28.1 Å². The van der Waals surface area contributed by atoms with E-state index in [4.69, 9.17) is 14.9 Å². The molecule has 16 heavy (non-hydrogen) atoms. The second-order valence-corrected chi connectivity index (χ2v) is 4.97. The number of benzene rings is 1. The van der Waals surface area contributed by atoms with Crippen molar-refractivity contribution in [1.29, 1.82) is 0 Å². The lowest BCUT2D eigenvalue weighted by Crippen LogP contribution is -2.15. The van der Waals surface area contributed by atoms with Gasteiger partial charge in [-0.2, -0.15) is 0 Å². The number of rotatable bonds is 4. The monoisotopic (exact) mass is 244 g/mol. The van der Waals surface area contributed by atoms with E-state index in [0.717, 1.165) is 11.8 Å². The van der Waals surface area contributed by atoms with E-state index in [-0.39, 0.29) is 0 Å². The third-order valence-electron chi connectivity index (χ3n) is 2.10. The van der Waals surface area contributed by atoms with Gasteiger partial charge in [0.1, 0.15) is 5.75 Å². The molecule has 0 spiro atoms. The molecule has 0 heterocycles. The highest BCUT2D eigenvalue weighted by atomic mass is 32.2. The van der Waals surface area contributed by atoms with E-state index in [1.54, 1.807) is 32.0 Å². The minimum Gasteiger partial charge on any atom is -0.496 e. The van der Waals surface area contributed by atoms with Gasteiger partial charge in [0, 0.05) is 0 Å². The fraction of sp³-hybridized carbons (Fsp3) is 0.455. The molecular weight excluding hydrogens is 228 g/mol. The molecule has 3 N–H and O–H groups in total. The van der Waals surface area contributed by atoms with Gasteiger partial charge in [0.25, 0.3) is 0 Å². The zero-order chi connectivity index (χ0) is 12.3. The van der Waals surface area contributed by atoms with Crippen LogP contribution in [0, 0.1) is 0 Å². The number of hydrogen-bond donors (Lipinski definition) is 3. The van der Waals surface area contributed by atoms with Crippen molar-refractivity contribution in [2.45, 2.75) is 30.0 Å². The van der Waals surface area contributed by atoms with Crippen molar-refractivity contribution < 1.29 is 20.1 Å². The van der Waals surface area contributed by atoms with E-state index >= 15 is 0 Å². The molecule has 0 aliphatic heterocycles. The fourth-order valence-electron chi connectivity index (χ4n) is 1.26. The molecule has 4 nitrogen and oxygen atoms in total. The van der Waals surface area contributed by atoms with Crippen LogP contribution < -0.4 is 4.74 Å². The normalized spacial score (nSPS) is 11.9. The average molecular weight is 244 g/mol. The number of aliphatic hydroxyl groups is 3. The predicted octanol–water partition coefficient (Wildman–Crippen LogP) is 1.28. The third kappa shape index (κ3) is 3.38. The van der Waals surface area contributed by atoms with Crippen LogP contribution >= 0.6 is 11.8 Å². The molecule has 0 aliphatic rings. The summed E-state index contributed by atoms with van der Waals surface area (Å²) in [6.07, 6.45) is 0. The Kier molecular flexibility index (Phi) is 4.21. The van der Waals surface area contributed by atoms with Gasteiger partial charge in [-0.25, -0.2) is 0 Å². The van der Waals surface area contributed by atoms with Gasteiger partial charge in [-0.05, 0) is 31.5 Å². The molecule has 0 amide bonds. The van der Waals surface area contributed by atoms with Gasteiger partial charge in [-0.1, -0.05) is 17.8 Å². The SMILES string of the molecule is COc1cc(C(C)(C)O)ccc1SC(O)O. The Morgan fingerprint density at radius 3 is 2.38 bits per heavy atom. The molecule has 90 valence electrons. The van der Waals surface area contributed by atoms with Gasteiger partial charge < -0.3 is 20.1 Å². The maximum atomic E-state index is 9.82. The molecule has 1 aromatic rings. The lowest BCUT2D eigenvalue weighted by molar-refractivity contribution is 0.0404. The van der Waals surface area contributed by atoms with Crippen LogP contribution in [0.2, 0.25) is 0 Å². The molecule has 1 rings (SSSR count). The molecule has 0 bridgehead atoms. The van der Waals surface area contributed by atoms with E-state index in [1.807, 2.05) is 0 Å². The zero-order valence-electron chi connectivity index (χ0n) is 9.47. The molecule has 0 aromatic heterocycles. The van der Waals surface area contributed by atoms with Crippen molar-refractivity contribution >= 4 is 11.8 Å². The minimum atomic E-state index is -1.48. The molecule has 0 saturated carbocycles. The Hall–Kier alpha value is -0.750. The largest absolute Gasteiger partial charge is 0.496 e. The quantitative estimate of drug-likeness (QED) is 0.550. The summed E-state index contributed by atoms with van der Waals surface area (Å²) in [6.45, 7) is 3.35. The van der Waals surface area contributed by atoms with E-state index in [2.05, 4.69) is 0 Å². The first kappa shape index (κ1) is 13.3. The lowest BCUT2D eigenvalue weighted by atomic mass is 9.98. The van der Waals surface area contributed by atoms with Crippen molar-refractivity contribution in [2.24, 2.45) is 0 Å². The molecule has 0 fully saturated rings. The number of hydrogen-bond acceptors (Lipinski definition) is 5. The summed E-state index contributed by atoms with van der Waals surface area (Å²) in [4.78, 5) is 0.616. The van der Waals surface area contributed by atoms with Crippen LogP contribution in [0.1, 0.15) is 19.4 Å².